The molecule has 5 nitrogen and oxygen atoms in total. The Bertz CT molecular complexity index is 973. The molecule has 2 aromatic carbocycles. The normalized spacial score (nSPS) is 15.7. The number of carbonyl (C=O) groups is 1. The second-order valence-electron chi connectivity index (χ2n) is 7.85. The minimum atomic E-state index is -3.38. The van der Waals surface area contributed by atoms with E-state index in [2.05, 4.69) is 5.32 Å². The number of piperidine rings is 1. The van der Waals surface area contributed by atoms with E-state index in [1.54, 1.807) is 23.9 Å². The molecule has 8 heteroatoms. The van der Waals surface area contributed by atoms with Gasteiger partial charge in [-0.05, 0) is 37.0 Å². The van der Waals surface area contributed by atoms with Gasteiger partial charge in [-0.15, -0.1) is 0 Å². The summed E-state index contributed by atoms with van der Waals surface area (Å²) in [4.78, 5) is 12.4. The Morgan fingerprint density at radius 1 is 1.13 bits per heavy atom. The fraction of sp³-hybridized carbons (Fsp3) is 0.435. The third-order valence-corrected chi connectivity index (χ3v) is 8.31. The lowest BCUT2D eigenvalue weighted by Gasteiger charge is -2.30. The predicted octanol–water partition coefficient (Wildman–Crippen LogP) is 3.73. The molecule has 1 fully saturated rings. The van der Waals surface area contributed by atoms with Crippen molar-refractivity contribution in [2.75, 3.05) is 25.4 Å². The fourth-order valence-corrected chi connectivity index (χ4v) is 5.98. The summed E-state index contributed by atoms with van der Waals surface area (Å²) in [6.45, 7) is 3.22. The molecule has 0 aromatic heterocycles. The van der Waals surface area contributed by atoms with Crippen LogP contribution in [-0.2, 0) is 26.3 Å². The number of nitrogens with zero attached hydrogens (tertiary/aromatic N) is 1. The van der Waals surface area contributed by atoms with Gasteiger partial charge in [0.05, 0.1) is 5.75 Å². The van der Waals surface area contributed by atoms with Crippen LogP contribution in [0.5, 0.6) is 0 Å². The smallest absolute Gasteiger partial charge is 0.223 e. The van der Waals surface area contributed by atoms with Crippen molar-refractivity contribution in [1.82, 2.24) is 9.62 Å². The highest BCUT2D eigenvalue weighted by Gasteiger charge is 2.31. The van der Waals surface area contributed by atoms with Gasteiger partial charge in [-0.3, -0.25) is 4.79 Å². The molecule has 1 aliphatic heterocycles. The molecule has 1 N–H and O–H groups in total. The molecule has 0 bridgehead atoms. The van der Waals surface area contributed by atoms with E-state index in [-0.39, 0.29) is 23.4 Å². The van der Waals surface area contributed by atoms with Crippen molar-refractivity contribution in [3.05, 3.63) is 71.0 Å². The molecule has 31 heavy (non-hydrogen) atoms. The van der Waals surface area contributed by atoms with Crippen molar-refractivity contribution < 1.29 is 17.6 Å². The molecule has 1 amide bonds. The van der Waals surface area contributed by atoms with Crippen molar-refractivity contribution in [2.45, 2.75) is 31.3 Å². The zero-order chi connectivity index (χ0) is 22.3. The number of hydrogen-bond donors (Lipinski definition) is 1. The van der Waals surface area contributed by atoms with E-state index in [4.69, 9.17) is 0 Å². The Labute approximate surface area is 188 Å². The van der Waals surface area contributed by atoms with Gasteiger partial charge in [-0.2, -0.15) is 11.8 Å². The Balaban J connectivity index is 1.37. The summed E-state index contributed by atoms with van der Waals surface area (Å²) in [6, 6.07) is 14.2. The van der Waals surface area contributed by atoms with E-state index in [0.717, 1.165) is 11.1 Å². The first-order chi connectivity index (χ1) is 14.8. The maximum atomic E-state index is 13.6. The molecule has 168 valence electrons. The first kappa shape index (κ1) is 23.8. The van der Waals surface area contributed by atoms with Crippen molar-refractivity contribution in [3.8, 4) is 0 Å². The first-order valence-corrected chi connectivity index (χ1v) is 13.2. The Kier molecular flexibility index (Phi) is 8.51. The molecule has 1 heterocycles. The summed E-state index contributed by atoms with van der Waals surface area (Å²) in [5, 5.41) is 2.93. The molecule has 1 saturated heterocycles. The Morgan fingerprint density at radius 3 is 2.48 bits per heavy atom. The highest BCUT2D eigenvalue weighted by atomic mass is 32.2. The predicted molar refractivity (Wildman–Crippen MR) is 124 cm³/mol. The molecule has 0 aliphatic carbocycles. The zero-order valence-electron chi connectivity index (χ0n) is 17.7. The number of carbonyl (C=O) groups excluding carboxylic acids is 1. The Hall–Kier alpha value is -1.90. The molecule has 0 unspecified atom stereocenters. The highest BCUT2D eigenvalue weighted by molar-refractivity contribution is 7.98. The lowest BCUT2D eigenvalue weighted by Crippen LogP contribution is -2.43. The first-order valence-electron chi connectivity index (χ1n) is 10.5. The van der Waals surface area contributed by atoms with E-state index in [1.165, 1.54) is 10.4 Å². The van der Waals surface area contributed by atoms with Crippen molar-refractivity contribution >= 4 is 27.7 Å². The highest BCUT2D eigenvalue weighted by Crippen LogP contribution is 2.22. The largest absolute Gasteiger partial charge is 0.355 e. The number of nitrogens with one attached hydrogen (secondary N) is 1. The number of aryl methyl sites for hydroxylation is 1. The molecule has 1 aliphatic rings. The van der Waals surface area contributed by atoms with Crippen LogP contribution in [0.25, 0.3) is 0 Å². The van der Waals surface area contributed by atoms with Gasteiger partial charge in [-0.1, -0.05) is 48.0 Å². The number of benzene rings is 2. The number of hydrogen-bond acceptors (Lipinski definition) is 4. The van der Waals surface area contributed by atoms with Gasteiger partial charge in [0.2, 0.25) is 15.9 Å². The summed E-state index contributed by atoms with van der Waals surface area (Å²) >= 11 is 1.57. The van der Waals surface area contributed by atoms with Crippen LogP contribution in [0.3, 0.4) is 0 Å². The van der Waals surface area contributed by atoms with Crippen LogP contribution in [0.15, 0.2) is 48.5 Å². The van der Waals surface area contributed by atoms with Crippen LogP contribution in [-0.4, -0.2) is 44.0 Å². The quantitative estimate of drug-likeness (QED) is 0.575. The van der Waals surface area contributed by atoms with E-state index in [1.807, 2.05) is 37.3 Å². The van der Waals surface area contributed by atoms with Gasteiger partial charge in [0.25, 0.3) is 0 Å². The number of halogens is 1. The molecule has 0 spiro atoms. The van der Waals surface area contributed by atoms with Crippen LogP contribution >= 0.6 is 11.8 Å². The lowest BCUT2D eigenvalue weighted by molar-refractivity contribution is -0.125. The molecule has 2 aromatic rings. The van der Waals surface area contributed by atoms with Gasteiger partial charge in [-0.25, -0.2) is 17.1 Å². The minimum absolute atomic E-state index is 0.0105. The summed E-state index contributed by atoms with van der Waals surface area (Å²) in [5.41, 5.74) is 2.54. The monoisotopic (exact) mass is 464 g/mol. The Morgan fingerprint density at radius 2 is 1.81 bits per heavy atom. The van der Waals surface area contributed by atoms with Crippen molar-refractivity contribution in [1.29, 1.82) is 0 Å². The van der Waals surface area contributed by atoms with E-state index in [9.17, 15) is 17.6 Å². The van der Waals surface area contributed by atoms with Crippen LogP contribution in [0, 0.1) is 18.7 Å². The van der Waals surface area contributed by atoms with Crippen LogP contribution < -0.4 is 5.32 Å². The average Bonchev–Trinajstić information content (AvgIpc) is 2.76. The third-order valence-electron chi connectivity index (χ3n) is 5.45. The summed E-state index contributed by atoms with van der Waals surface area (Å²) in [7, 11) is -3.38. The third kappa shape index (κ3) is 7.05. The molecule has 3 rings (SSSR count). The van der Waals surface area contributed by atoms with Crippen LogP contribution in [0.4, 0.5) is 4.39 Å². The zero-order valence-corrected chi connectivity index (χ0v) is 19.4. The van der Waals surface area contributed by atoms with Gasteiger partial charge < -0.3 is 5.32 Å². The number of sulfonamides is 1. The van der Waals surface area contributed by atoms with Gasteiger partial charge in [0.1, 0.15) is 5.82 Å². The van der Waals surface area contributed by atoms with Crippen LogP contribution in [0.2, 0.25) is 0 Å². The topological polar surface area (TPSA) is 66.5 Å². The summed E-state index contributed by atoms with van der Waals surface area (Å²) < 4.78 is 40.5. The van der Waals surface area contributed by atoms with Crippen molar-refractivity contribution in [2.24, 2.45) is 5.92 Å². The minimum Gasteiger partial charge on any atom is -0.355 e. The molecule has 0 radical (unpaired) electrons. The standard InChI is InChI=1S/C23H29FN2O3S2/c1-18-6-8-19(9-7-18)17-31(28,29)26-13-10-20(11-14-26)23(27)25-12-15-30-16-21-4-2-3-5-22(21)24/h2-9,20H,10-17H2,1H3,(H,25,27). The maximum absolute atomic E-state index is 13.6. The van der Waals surface area contributed by atoms with E-state index >= 15 is 0 Å². The second-order valence-corrected chi connectivity index (χ2v) is 10.9. The molecule has 0 saturated carbocycles. The molecule has 0 atom stereocenters. The molecular formula is C23H29FN2O3S2. The lowest BCUT2D eigenvalue weighted by atomic mass is 9.97. The molecular weight excluding hydrogens is 435 g/mol. The summed E-state index contributed by atoms with van der Waals surface area (Å²) in [5.74, 6) is 0.861. The number of amides is 1. The van der Waals surface area contributed by atoms with E-state index in [0.29, 0.717) is 49.5 Å². The van der Waals surface area contributed by atoms with Gasteiger partial charge in [0.15, 0.2) is 0 Å². The maximum Gasteiger partial charge on any atom is 0.223 e. The second kappa shape index (κ2) is 11.1. The fourth-order valence-electron chi connectivity index (χ4n) is 3.57. The van der Waals surface area contributed by atoms with E-state index < -0.39 is 10.0 Å². The summed E-state index contributed by atoms with van der Waals surface area (Å²) in [6.07, 6.45) is 1.06. The average molecular weight is 465 g/mol. The number of rotatable bonds is 9. The van der Waals surface area contributed by atoms with Crippen LogP contribution in [0.1, 0.15) is 29.5 Å². The number of thioether (sulfide) groups is 1. The SMILES string of the molecule is Cc1ccc(CS(=O)(=O)N2CCC(C(=O)NCCSCc3ccccc3F)CC2)cc1. The van der Waals surface area contributed by atoms with Crippen molar-refractivity contribution in [3.63, 3.8) is 0 Å². The van der Waals surface area contributed by atoms with Gasteiger partial charge in [0, 0.05) is 37.1 Å². The van der Waals surface area contributed by atoms with Gasteiger partial charge >= 0.3 is 0 Å².